The monoisotopic (exact) mass is 210 g/mol. The highest BCUT2D eigenvalue weighted by Crippen LogP contribution is 2.09. The van der Waals surface area contributed by atoms with Crippen molar-refractivity contribution in [3.63, 3.8) is 0 Å². The van der Waals surface area contributed by atoms with Crippen molar-refractivity contribution < 1.29 is 9.90 Å². The molecule has 0 amide bonds. The normalized spacial score (nSPS) is 13.0. The van der Waals surface area contributed by atoms with Gasteiger partial charge in [-0.1, -0.05) is 37.5 Å². The number of rotatable bonds is 7. The van der Waals surface area contributed by atoms with Gasteiger partial charge in [-0.05, 0) is 33.1 Å². The Morgan fingerprint density at radius 1 is 1.20 bits per heavy atom. The summed E-state index contributed by atoms with van der Waals surface area (Å²) in [4.78, 5) is 10.5. The molecule has 0 unspecified atom stereocenters. The number of carboxylic acids is 1. The van der Waals surface area contributed by atoms with Gasteiger partial charge in [0.1, 0.15) is 0 Å². The fourth-order valence-corrected chi connectivity index (χ4v) is 1.26. The van der Waals surface area contributed by atoms with Crippen molar-refractivity contribution in [2.45, 2.75) is 52.9 Å². The molecule has 0 fully saturated rings. The van der Waals surface area contributed by atoms with Crippen LogP contribution in [0.25, 0.3) is 0 Å². The molecule has 0 aromatic carbocycles. The predicted octanol–water partition coefficient (Wildman–Crippen LogP) is 3.93. The van der Waals surface area contributed by atoms with Gasteiger partial charge < -0.3 is 5.11 Å². The molecule has 0 saturated carbocycles. The molecule has 2 nitrogen and oxygen atoms in total. The number of hydrogen-bond donors (Lipinski definition) is 1. The lowest BCUT2D eigenvalue weighted by Crippen LogP contribution is -1.95. The maximum atomic E-state index is 10.5. The Hall–Kier alpha value is -1.05. The third-order valence-electron chi connectivity index (χ3n) is 2.38. The summed E-state index contributed by atoms with van der Waals surface area (Å²) in [6.45, 7) is 5.93. The highest BCUT2D eigenvalue weighted by Gasteiger charge is 1.97. The molecule has 0 aliphatic heterocycles. The molecule has 0 heterocycles. The Balaban J connectivity index is 3.80. The van der Waals surface area contributed by atoms with E-state index in [0.29, 0.717) is 5.57 Å². The van der Waals surface area contributed by atoms with Gasteiger partial charge in [-0.2, -0.15) is 0 Å². The van der Waals surface area contributed by atoms with E-state index in [1.807, 2.05) is 0 Å². The van der Waals surface area contributed by atoms with Crippen LogP contribution < -0.4 is 0 Å². The van der Waals surface area contributed by atoms with E-state index in [4.69, 9.17) is 5.11 Å². The molecule has 15 heavy (non-hydrogen) atoms. The van der Waals surface area contributed by atoms with Gasteiger partial charge in [0.2, 0.25) is 0 Å². The maximum Gasteiger partial charge on any atom is 0.330 e. The van der Waals surface area contributed by atoms with E-state index in [1.54, 1.807) is 13.0 Å². The first kappa shape index (κ1) is 13.9. The molecule has 0 saturated heterocycles. The van der Waals surface area contributed by atoms with E-state index in [2.05, 4.69) is 19.9 Å². The van der Waals surface area contributed by atoms with E-state index in [1.165, 1.54) is 18.4 Å². The Labute approximate surface area is 92.7 Å². The van der Waals surface area contributed by atoms with E-state index in [-0.39, 0.29) is 0 Å². The summed E-state index contributed by atoms with van der Waals surface area (Å²) in [7, 11) is 0. The predicted molar refractivity (Wildman–Crippen MR) is 63.9 cm³/mol. The van der Waals surface area contributed by atoms with Crippen molar-refractivity contribution in [2.75, 3.05) is 0 Å². The van der Waals surface area contributed by atoms with Gasteiger partial charge in [0.25, 0.3) is 0 Å². The molecular weight excluding hydrogens is 188 g/mol. The maximum absolute atomic E-state index is 10.5. The van der Waals surface area contributed by atoms with Crippen LogP contribution in [-0.4, -0.2) is 11.1 Å². The van der Waals surface area contributed by atoms with Crippen molar-refractivity contribution >= 4 is 5.97 Å². The highest BCUT2D eigenvalue weighted by molar-refractivity contribution is 5.85. The quantitative estimate of drug-likeness (QED) is 0.392. The Kier molecular flexibility index (Phi) is 7.69. The Morgan fingerprint density at radius 3 is 2.40 bits per heavy atom. The molecule has 1 N–H and O–H groups in total. The summed E-state index contributed by atoms with van der Waals surface area (Å²) in [5.74, 6) is -0.817. The summed E-state index contributed by atoms with van der Waals surface area (Å²) in [5, 5.41) is 8.64. The summed E-state index contributed by atoms with van der Waals surface area (Å²) in [5.41, 5.74) is 1.80. The average molecular weight is 210 g/mol. The van der Waals surface area contributed by atoms with Crippen molar-refractivity contribution in [2.24, 2.45) is 0 Å². The van der Waals surface area contributed by atoms with Crippen LogP contribution in [0.3, 0.4) is 0 Å². The molecule has 2 heteroatoms. The van der Waals surface area contributed by atoms with Crippen molar-refractivity contribution in [3.05, 3.63) is 23.3 Å². The first-order chi connectivity index (χ1) is 7.07. The van der Waals surface area contributed by atoms with Crippen LogP contribution in [0.1, 0.15) is 52.9 Å². The lowest BCUT2D eigenvalue weighted by molar-refractivity contribution is -0.132. The summed E-state index contributed by atoms with van der Waals surface area (Å²) < 4.78 is 0. The van der Waals surface area contributed by atoms with Crippen LogP contribution in [0.4, 0.5) is 0 Å². The van der Waals surface area contributed by atoms with Gasteiger partial charge in [0.05, 0.1) is 0 Å². The second kappa shape index (κ2) is 8.27. The van der Waals surface area contributed by atoms with Crippen molar-refractivity contribution in [3.8, 4) is 0 Å². The van der Waals surface area contributed by atoms with Crippen LogP contribution in [0, 0.1) is 0 Å². The fourth-order valence-electron chi connectivity index (χ4n) is 1.26. The molecular formula is C13H22O2. The zero-order valence-electron chi connectivity index (χ0n) is 10.0. The van der Waals surface area contributed by atoms with Gasteiger partial charge in [-0.15, -0.1) is 0 Å². The number of aliphatic carboxylic acids is 1. The molecule has 0 aliphatic carbocycles. The van der Waals surface area contributed by atoms with Gasteiger partial charge in [0, 0.05) is 5.57 Å². The number of allylic oxidation sites excluding steroid dienone is 3. The standard InChI is InChI=1S/C13H22O2/c1-4-5-6-8-11(2)9-7-10-12(3)13(14)15/h8,10H,4-7,9H2,1-3H3,(H,14,15). The summed E-state index contributed by atoms with van der Waals surface area (Å²) in [6.07, 6.45) is 9.45. The molecule has 0 aromatic rings. The molecule has 0 rings (SSSR count). The van der Waals surface area contributed by atoms with Crippen LogP contribution >= 0.6 is 0 Å². The van der Waals surface area contributed by atoms with Gasteiger partial charge >= 0.3 is 5.97 Å². The third kappa shape index (κ3) is 7.98. The number of unbranched alkanes of at least 4 members (excludes halogenated alkanes) is 2. The van der Waals surface area contributed by atoms with Crippen LogP contribution in [-0.2, 0) is 4.79 Å². The number of carbonyl (C=O) groups is 1. The van der Waals surface area contributed by atoms with E-state index >= 15 is 0 Å². The SMILES string of the molecule is CCCCC=C(C)CCC=C(C)C(=O)O. The van der Waals surface area contributed by atoms with Crippen LogP contribution in [0.5, 0.6) is 0 Å². The Bertz CT molecular complexity index is 249. The summed E-state index contributed by atoms with van der Waals surface area (Å²) in [6, 6.07) is 0. The molecule has 0 atom stereocenters. The lowest BCUT2D eigenvalue weighted by Gasteiger charge is -1.99. The minimum Gasteiger partial charge on any atom is -0.478 e. The molecule has 0 bridgehead atoms. The van der Waals surface area contributed by atoms with Crippen LogP contribution in [0.2, 0.25) is 0 Å². The van der Waals surface area contributed by atoms with Gasteiger partial charge in [-0.3, -0.25) is 0 Å². The number of carboxylic acid groups (broad SMARTS) is 1. The molecule has 0 radical (unpaired) electrons. The molecule has 0 spiro atoms. The molecule has 86 valence electrons. The van der Waals surface area contributed by atoms with Crippen LogP contribution in [0.15, 0.2) is 23.3 Å². The van der Waals surface area contributed by atoms with E-state index < -0.39 is 5.97 Å². The largest absolute Gasteiger partial charge is 0.478 e. The van der Waals surface area contributed by atoms with Crippen molar-refractivity contribution in [1.29, 1.82) is 0 Å². The first-order valence-corrected chi connectivity index (χ1v) is 5.63. The second-order valence-corrected chi connectivity index (χ2v) is 3.92. The first-order valence-electron chi connectivity index (χ1n) is 5.63. The molecule has 0 aliphatic rings. The minimum absolute atomic E-state index is 0.441. The zero-order valence-corrected chi connectivity index (χ0v) is 10.0. The summed E-state index contributed by atoms with van der Waals surface area (Å²) >= 11 is 0. The fraction of sp³-hybridized carbons (Fsp3) is 0.615. The lowest BCUT2D eigenvalue weighted by atomic mass is 10.1. The van der Waals surface area contributed by atoms with E-state index in [0.717, 1.165) is 19.3 Å². The highest BCUT2D eigenvalue weighted by atomic mass is 16.4. The smallest absolute Gasteiger partial charge is 0.330 e. The van der Waals surface area contributed by atoms with E-state index in [9.17, 15) is 4.79 Å². The minimum atomic E-state index is -0.817. The third-order valence-corrected chi connectivity index (χ3v) is 2.38. The van der Waals surface area contributed by atoms with Crippen molar-refractivity contribution in [1.82, 2.24) is 0 Å². The van der Waals surface area contributed by atoms with Gasteiger partial charge in [0.15, 0.2) is 0 Å². The average Bonchev–Trinajstić information content (AvgIpc) is 2.18. The zero-order chi connectivity index (χ0) is 11.7. The molecule has 0 aromatic heterocycles. The van der Waals surface area contributed by atoms with Gasteiger partial charge in [-0.25, -0.2) is 4.79 Å². The second-order valence-electron chi connectivity index (χ2n) is 3.92. The Morgan fingerprint density at radius 2 is 1.87 bits per heavy atom. The number of hydrogen-bond acceptors (Lipinski definition) is 1. The topological polar surface area (TPSA) is 37.3 Å².